The molecule has 0 saturated carbocycles. The Morgan fingerprint density at radius 3 is 2.40 bits per heavy atom. The van der Waals surface area contributed by atoms with Crippen molar-refractivity contribution in [2.45, 2.75) is 6.54 Å². The number of anilines is 1. The Kier molecular flexibility index (Phi) is 4.90. The van der Waals surface area contributed by atoms with Crippen LogP contribution in [0.1, 0.15) is 5.56 Å². The number of nitrogens with zero attached hydrogens (tertiary/aromatic N) is 1. The topological polar surface area (TPSA) is 56.2 Å². The predicted molar refractivity (Wildman–Crippen MR) is 83.9 cm³/mol. The lowest BCUT2D eigenvalue weighted by Gasteiger charge is -2.17. The Labute approximate surface area is 126 Å². The van der Waals surface area contributed by atoms with Crippen molar-refractivity contribution >= 4 is 34.0 Å². The fraction of sp³-hybridized carbons (Fsp3) is 0.0667. The third kappa shape index (κ3) is 3.93. The lowest BCUT2D eigenvalue weighted by Crippen LogP contribution is -2.33. The van der Waals surface area contributed by atoms with Gasteiger partial charge in [-0.1, -0.05) is 46.3 Å². The number of halogens is 1. The van der Waals surface area contributed by atoms with E-state index in [1.165, 1.54) is 4.90 Å². The van der Waals surface area contributed by atoms with Gasteiger partial charge in [0.05, 0.1) is 12.9 Å². The summed E-state index contributed by atoms with van der Waals surface area (Å²) in [4.78, 5) is 13.4. The van der Waals surface area contributed by atoms with E-state index in [9.17, 15) is 4.79 Å². The lowest BCUT2D eigenvalue weighted by atomic mass is 10.2. The van der Waals surface area contributed by atoms with Crippen LogP contribution in [-0.4, -0.2) is 17.3 Å². The molecule has 0 atom stereocenters. The maximum absolute atomic E-state index is 12.1. The molecule has 5 heteroatoms. The second-order valence-corrected chi connectivity index (χ2v) is 5.10. The van der Waals surface area contributed by atoms with Crippen molar-refractivity contribution in [3.05, 3.63) is 64.6 Å². The minimum Gasteiger partial charge on any atom is -0.308 e. The summed E-state index contributed by atoms with van der Waals surface area (Å²) in [5.74, 6) is 0. The lowest BCUT2D eigenvalue weighted by molar-refractivity contribution is 0.233. The summed E-state index contributed by atoms with van der Waals surface area (Å²) in [5, 5.41) is 10.1. The molecule has 0 aliphatic heterocycles. The Hall–Kier alpha value is -2.14. The Morgan fingerprint density at radius 1 is 1.15 bits per heavy atom. The number of rotatable bonds is 4. The number of hydrogen-bond acceptors (Lipinski definition) is 2. The van der Waals surface area contributed by atoms with Crippen molar-refractivity contribution in [1.82, 2.24) is 4.90 Å². The van der Waals surface area contributed by atoms with Gasteiger partial charge in [-0.2, -0.15) is 0 Å². The molecule has 20 heavy (non-hydrogen) atoms. The minimum atomic E-state index is -0.328. The van der Waals surface area contributed by atoms with E-state index in [1.807, 2.05) is 42.5 Å². The molecule has 0 radical (unpaired) electrons. The van der Waals surface area contributed by atoms with Crippen molar-refractivity contribution in [2.24, 2.45) is 0 Å². The quantitative estimate of drug-likeness (QED) is 0.643. The molecule has 0 bridgehead atoms. The zero-order valence-electron chi connectivity index (χ0n) is 10.7. The van der Waals surface area contributed by atoms with Crippen molar-refractivity contribution < 1.29 is 4.79 Å². The Balaban J connectivity index is 2.02. The van der Waals surface area contributed by atoms with Crippen LogP contribution in [0, 0.1) is 5.41 Å². The third-order valence-corrected chi connectivity index (χ3v) is 3.24. The summed E-state index contributed by atoms with van der Waals surface area (Å²) in [6.07, 6.45) is 1.03. The Bertz CT molecular complexity index is 584. The third-order valence-electron chi connectivity index (χ3n) is 2.71. The first kappa shape index (κ1) is 14.3. The van der Waals surface area contributed by atoms with Gasteiger partial charge >= 0.3 is 6.03 Å². The molecule has 2 aromatic carbocycles. The molecular formula is C15H14BrN3O. The number of hydrogen-bond donors (Lipinski definition) is 2. The average Bonchev–Trinajstić information content (AvgIpc) is 2.48. The van der Waals surface area contributed by atoms with E-state index in [1.54, 1.807) is 12.1 Å². The minimum absolute atomic E-state index is 0.328. The number of urea groups is 1. The van der Waals surface area contributed by atoms with E-state index < -0.39 is 0 Å². The highest BCUT2D eigenvalue weighted by Crippen LogP contribution is 2.14. The molecule has 2 N–H and O–H groups in total. The van der Waals surface area contributed by atoms with Gasteiger partial charge in [0.2, 0.25) is 0 Å². The van der Waals surface area contributed by atoms with Crippen LogP contribution in [0.2, 0.25) is 0 Å². The molecule has 0 aliphatic rings. The number of benzene rings is 2. The molecule has 0 saturated heterocycles. The van der Waals surface area contributed by atoms with Crippen molar-refractivity contribution in [3.63, 3.8) is 0 Å². The van der Waals surface area contributed by atoms with E-state index in [0.29, 0.717) is 12.2 Å². The van der Waals surface area contributed by atoms with Crippen molar-refractivity contribution in [2.75, 3.05) is 5.32 Å². The fourth-order valence-corrected chi connectivity index (χ4v) is 1.95. The highest BCUT2D eigenvalue weighted by molar-refractivity contribution is 9.10. The number of amides is 2. The summed E-state index contributed by atoms with van der Waals surface area (Å²) in [6.45, 7) is 0.368. The van der Waals surface area contributed by atoms with Crippen LogP contribution in [0.15, 0.2) is 59.1 Å². The summed E-state index contributed by atoms with van der Waals surface area (Å²) in [7, 11) is 0. The first-order chi connectivity index (χ1) is 9.69. The standard InChI is InChI=1S/C15H14BrN3O/c16-13-6-8-14(9-7-13)18-15(20)19(11-17)10-12-4-2-1-3-5-12/h1-9,11,17H,10H2,(H,18,20). The van der Waals surface area contributed by atoms with Crippen LogP contribution >= 0.6 is 15.9 Å². The highest BCUT2D eigenvalue weighted by atomic mass is 79.9. The highest BCUT2D eigenvalue weighted by Gasteiger charge is 2.11. The average molecular weight is 332 g/mol. The van der Waals surface area contributed by atoms with E-state index in [-0.39, 0.29) is 6.03 Å². The van der Waals surface area contributed by atoms with Gasteiger partial charge in [0.1, 0.15) is 0 Å². The van der Waals surface area contributed by atoms with Gasteiger partial charge in [-0.3, -0.25) is 10.3 Å². The van der Waals surface area contributed by atoms with E-state index in [4.69, 9.17) is 5.41 Å². The van der Waals surface area contributed by atoms with E-state index >= 15 is 0 Å². The molecule has 2 aromatic rings. The fourth-order valence-electron chi connectivity index (χ4n) is 1.68. The monoisotopic (exact) mass is 331 g/mol. The van der Waals surface area contributed by atoms with E-state index in [2.05, 4.69) is 21.2 Å². The van der Waals surface area contributed by atoms with Gasteiger partial charge in [0, 0.05) is 10.2 Å². The molecule has 0 heterocycles. The van der Waals surface area contributed by atoms with Crippen LogP contribution in [0.4, 0.5) is 10.5 Å². The molecule has 0 fully saturated rings. The second kappa shape index (κ2) is 6.86. The van der Waals surface area contributed by atoms with Gasteiger partial charge in [-0.05, 0) is 29.8 Å². The predicted octanol–water partition coefficient (Wildman–Crippen LogP) is 4.09. The van der Waals surface area contributed by atoms with Gasteiger partial charge in [0.25, 0.3) is 0 Å². The van der Waals surface area contributed by atoms with Crippen LogP contribution in [-0.2, 0) is 6.54 Å². The molecule has 0 spiro atoms. The van der Waals surface area contributed by atoms with Crippen LogP contribution in [0.5, 0.6) is 0 Å². The SMILES string of the molecule is N=CN(Cc1ccccc1)C(=O)Nc1ccc(Br)cc1. The summed E-state index contributed by atoms with van der Waals surface area (Å²) in [6, 6.07) is 16.5. The molecule has 0 aromatic heterocycles. The normalized spacial score (nSPS) is 9.85. The number of nitrogens with one attached hydrogen (secondary N) is 2. The molecular weight excluding hydrogens is 318 g/mol. The molecule has 2 amide bonds. The zero-order valence-corrected chi connectivity index (χ0v) is 12.3. The maximum Gasteiger partial charge on any atom is 0.327 e. The first-order valence-electron chi connectivity index (χ1n) is 6.07. The first-order valence-corrected chi connectivity index (χ1v) is 6.86. The Morgan fingerprint density at radius 2 is 1.80 bits per heavy atom. The number of carbonyl (C=O) groups excluding carboxylic acids is 1. The largest absolute Gasteiger partial charge is 0.327 e. The molecule has 102 valence electrons. The van der Waals surface area contributed by atoms with Crippen molar-refractivity contribution in [3.8, 4) is 0 Å². The summed E-state index contributed by atoms with van der Waals surface area (Å²) in [5.41, 5.74) is 1.67. The van der Waals surface area contributed by atoms with Gasteiger partial charge in [-0.25, -0.2) is 4.79 Å². The molecule has 4 nitrogen and oxygen atoms in total. The maximum atomic E-state index is 12.1. The van der Waals surface area contributed by atoms with Crippen LogP contribution < -0.4 is 5.32 Å². The van der Waals surface area contributed by atoms with E-state index in [0.717, 1.165) is 16.4 Å². The smallest absolute Gasteiger partial charge is 0.308 e. The number of carbonyl (C=O) groups is 1. The van der Waals surface area contributed by atoms with Crippen LogP contribution in [0.25, 0.3) is 0 Å². The zero-order chi connectivity index (χ0) is 14.4. The molecule has 2 rings (SSSR count). The summed E-state index contributed by atoms with van der Waals surface area (Å²) >= 11 is 3.34. The summed E-state index contributed by atoms with van der Waals surface area (Å²) < 4.78 is 0.948. The van der Waals surface area contributed by atoms with Gasteiger partial charge < -0.3 is 5.32 Å². The second-order valence-electron chi connectivity index (χ2n) is 4.18. The molecule has 0 aliphatic carbocycles. The van der Waals surface area contributed by atoms with Gasteiger partial charge in [-0.15, -0.1) is 0 Å². The van der Waals surface area contributed by atoms with Crippen molar-refractivity contribution in [1.29, 1.82) is 5.41 Å². The van der Waals surface area contributed by atoms with Crippen LogP contribution in [0.3, 0.4) is 0 Å². The molecule has 0 unspecified atom stereocenters. The van der Waals surface area contributed by atoms with Gasteiger partial charge in [0.15, 0.2) is 0 Å².